The van der Waals surface area contributed by atoms with Crippen molar-refractivity contribution in [3.8, 4) is 0 Å². The summed E-state index contributed by atoms with van der Waals surface area (Å²) in [4.78, 5) is 22.5. The zero-order valence-electron chi connectivity index (χ0n) is 15.2. The summed E-state index contributed by atoms with van der Waals surface area (Å²) in [6, 6.07) is 11.8. The minimum atomic E-state index is -3.47. The lowest BCUT2D eigenvalue weighted by Gasteiger charge is -2.25. The Labute approximate surface area is 163 Å². The molecule has 0 aliphatic carbocycles. The molecule has 1 heterocycles. The Bertz CT molecular complexity index is 950. The van der Waals surface area contributed by atoms with Gasteiger partial charge in [0.2, 0.25) is 10.0 Å². The summed E-state index contributed by atoms with van der Waals surface area (Å²) in [6.45, 7) is 1.32. The van der Waals surface area contributed by atoms with Gasteiger partial charge in [-0.25, -0.2) is 8.42 Å². The minimum Gasteiger partial charge on any atom is -0.348 e. The van der Waals surface area contributed by atoms with Crippen molar-refractivity contribution in [2.45, 2.75) is 30.7 Å². The Hall–Kier alpha value is -2.78. The molecule has 1 N–H and O–H groups in total. The fraction of sp³-hybridized carbons (Fsp3) is 0.316. The number of hydrogen-bond acceptors (Lipinski definition) is 5. The lowest BCUT2D eigenvalue weighted by atomic mass is 10.2. The van der Waals surface area contributed by atoms with E-state index in [-0.39, 0.29) is 23.0 Å². The van der Waals surface area contributed by atoms with Crippen LogP contribution in [0.5, 0.6) is 0 Å². The molecule has 148 valence electrons. The standard InChI is InChI=1S/C19H21N3O5S/c23-19(16-6-8-17(9-7-16)22(24)25)20-14-15-4-10-18(11-5-15)28(26,27)21-12-2-1-3-13-21/h4-11H,1-3,12-14H2,(H,20,23). The monoisotopic (exact) mass is 403 g/mol. The highest BCUT2D eigenvalue weighted by Gasteiger charge is 2.25. The van der Waals surface area contributed by atoms with Crippen LogP contribution in [0, 0.1) is 10.1 Å². The van der Waals surface area contributed by atoms with Crippen molar-refractivity contribution in [1.29, 1.82) is 0 Å². The largest absolute Gasteiger partial charge is 0.348 e. The molecule has 28 heavy (non-hydrogen) atoms. The molecule has 1 saturated heterocycles. The van der Waals surface area contributed by atoms with Crippen LogP contribution in [0.25, 0.3) is 0 Å². The van der Waals surface area contributed by atoms with Crippen LogP contribution in [0.1, 0.15) is 35.2 Å². The van der Waals surface area contributed by atoms with Gasteiger partial charge >= 0.3 is 0 Å². The molecule has 1 amide bonds. The normalized spacial score (nSPS) is 15.1. The van der Waals surface area contributed by atoms with E-state index in [9.17, 15) is 23.3 Å². The molecule has 1 aliphatic rings. The number of nitrogens with one attached hydrogen (secondary N) is 1. The van der Waals surface area contributed by atoms with E-state index in [1.165, 1.54) is 28.6 Å². The molecule has 1 aliphatic heterocycles. The number of piperidine rings is 1. The Morgan fingerprint density at radius 1 is 1.00 bits per heavy atom. The summed E-state index contributed by atoms with van der Waals surface area (Å²) in [7, 11) is -3.47. The van der Waals surface area contributed by atoms with Gasteiger partial charge in [0.25, 0.3) is 11.6 Å². The van der Waals surface area contributed by atoms with Gasteiger partial charge in [0.1, 0.15) is 0 Å². The second-order valence-electron chi connectivity index (χ2n) is 6.60. The number of carbonyl (C=O) groups excluding carboxylic acids is 1. The molecule has 2 aromatic rings. The van der Waals surface area contributed by atoms with Gasteiger partial charge in [-0.05, 0) is 42.7 Å². The maximum absolute atomic E-state index is 12.6. The summed E-state index contributed by atoms with van der Waals surface area (Å²) in [5.41, 5.74) is 0.991. The van der Waals surface area contributed by atoms with Crippen LogP contribution in [0.2, 0.25) is 0 Å². The average molecular weight is 403 g/mol. The van der Waals surface area contributed by atoms with Crippen LogP contribution in [0.4, 0.5) is 5.69 Å². The van der Waals surface area contributed by atoms with E-state index in [0.717, 1.165) is 24.8 Å². The molecular formula is C19H21N3O5S. The number of hydrogen-bond donors (Lipinski definition) is 1. The maximum Gasteiger partial charge on any atom is 0.269 e. The van der Waals surface area contributed by atoms with Gasteiger partial charge in [-0.2, -0.15) is 4.31 Å². The van der Waals surface area contributed by atoms with Gasteiger partial charge in [-0.15, -0.1) is 0 Å². The van der Waals surface area contributed by atoms with Gasteiger partial charge < -0.3 is 5.32 Å². The van der Waals surface area contributed by atoms with Crippen molar-refractivity contribution in [2.24, 2.45) is 0 Å². The van der Waals surface area contributed by atoms with E-state index in [2.05, 4.69) is 5.32 Å². The van der Waals surface area contributed by atoms with Gasteiger partial charge in [0.05, 0.1) is 9.82 Å². The zero-order chi connectivity index (χ0) is 20.1. The molecule has 0 radical (unpaired) electrons. The highest BCUT2D eigenvalue weighted by Crippen LogP contribution is 2.21. The van der Waals surface area contributed by atoms with Crippen LogP contribution in [-0.4, -0.2) is 36.6 Å². The third-order valence-electron chi connectivity index (χ3n) is 4.67. The Morgan fingerprint density at radius 2 is 1.61 bits per heavy atom. The number of sulfonamides is 1. The predicted molar refractivity (Wildman–Crippen MR) is 103 cm³/mol. The van der Waals surface area contributed by atoms with Crippen molar-refractivity contribution in [3.05, 3.63) is 69.8 Å². The Morgan fingerprint density at radius 3 is 2.18 bits per heavy atom. The number of benzene rings is 2. The van der Waals surface area contributed by atoms with Gasteiger partial charge in [-0.3, -0.25) is 14.9 Å². The third kappa shape index (κ3) is 4.55. The fourth-order valence-corrected chi connectivity index (χ4v) is 4.57. The highest BCUT2D eigenvalue weighted by molar-refractivity contribution is 7.89. The van der Waals surface area contributed by atoms with E-state index in [0.29, 0.717) is 18.7 Å². The topological polar surface area (TPSA) is 110 Å². The molecule has 0 unspecified atom stereocenters. The van der Waals surface area contributed by atoms with Crippen molar-refractivity contribution in [1.82, 2.24) is 9.62 Å². The molecule has 1 fully saturated rings. The summed E-state index contributed by atoms with van der Waals surface area (Å²) >= 11 is 0. The molecule has 0 saturated carbocycles. The fourth-order valence-electron chi connectivity index (χ4n) is 3.05. The number of non-ortho nitro benzene ring substituents is 1. The SMILES string of the molecule is O=C(NCc1ccc(S(=O)(=O)N2CCCCC2)cc1)c1ccc([N+](=O)[O-])cc1. The molecule has 0 bridgehead atoms. The number of nitro groups is 1. The third-order valence-corrected chi connectivity index (χ3v) is 6.58. The molecular weight excluding hydrogens is 382 g/mol. The summed E-state index contributed by atoms with van der Waals surface area (Å²) < 4.78 is 26.8. The smallest absolute Gasteiger partial charge is 0.269 e. The van der Waals surface area contributed by atoms with Crippen molar-refractivity contribution in [3.63, 3.8) is 0 Å². The second kappa shape index (κ2) is 8.49. The van der Waals surface area contributed by atoms with Crippen molar-refractivity contribution >= 4 is 21.6 Å². The van der Waals surface area contributed by atoms with E-state index < -0.39 is 14.9 Å². The number of carbonyl (C=O) groups is 1. The number of nitrogens with zero attached hydrogens (tertiary/aromatic N) is 2. The zero-order valence-corrected chi connectivity index (χ0v) is 16.0. The molecule has 9 heteroatoms. The second-order valence-corrected chi connectivity index (χ2v) is 8.53. The lowest BCUT2D eigenvalue weighted by molar-refractivity contribution is -0.384. The predicted octanol–water partition coefficient (Wildman–Crippen LogP) is 2.70. The molecule has 8 nitrogen and oxygen atoms in total. The summed E-state index contributed by atoms with van der Waals surface area (Å²) in [6.07, 6.45) is 2.82. The lowest BCUT2D eigenvalue weighted by Crippen LogP contribution is -2.35. The highest BCUT2D eigenvalue weighted by atomic mass is 32.2. The van der Waals surface area contributed by atoms with Gasteiger partial charge in [0, 0.05) is 37.3 Å². The first-order chi connectivity index (χ1) is 13.4. The molecule has 0 aromatic heterocycles. The average Bonchev–Trinajstić information content (AvgIpc) is 2.73. The quantitative estimate of drug-likeness (QED) is 0.589. The van der Waals surface area contributed by atoms with Gasteiger partial charge in [-0.1, -0.05) is 18.6 Å². The van der Waals surface area contributed by atoms with Crippen LogP contribution in [-0.2, 0) is 16.6 Å². The van der Waals surface area contributed by atoms with Crippen LogP contribution < -0.4 is 5.32 Å². The van der Waals surface area contributed by atoms with Crippen LogP contribution in [0.3, 0.4) is 0 Å². The summed E-state index contributed by atoms with van der Waals surface area (Å²) in [5, 5.41) is 13.4. The summed E-state index contributed by atoms with van der Waals surface area (Å²) in [5.74, 6) is -0.361. The molecule has 2 aromatic carbocycles. The van der Waals surface area contributed by atoms with Gasteiger partial charge in [0.15, 0.2) is 0 Å². The minimum absolute atomic E-state index is 0.0814. The molecule has 0 spiro atoms. The molecule has 3 rings (SSSR count). The van der Waals surface area contributed by atoms with Crippen molar-refractivity contribution < 1.29 is 18.1 Å². The van der Waals surface area contributed by atoms with Crippen LogP contribution in [0.15, 0.2) is 53.4 Å². The van der Waals surface area contributed by atoms with Crippen LogP contribution >= 0.6 is 0 Å². The number of nitro benzene ring substituents is 1. The van der Waals surface area contributed by atoms with Crippen molar-refractivity contribution in [2.75, 3.05) is 13.1 Å². The first-order valence-corrected chi connectivity index (χ1v) is 10.4. The first kappa shape index (κ1) is 20.0. The Balaban J connectivity index is 1.61. The Kier molecular flexibility index (Phi) is 6.05. The van der Waals surface area contributed by atoms with E-state index in [1.807, 2.05) is 0 Å². The first-order valence-electron chi connectivity index (χ1n) is 9.00. The molecule has 0 atom stereocenters. The van der Waals surface area contributed by atoms with E-state index in [1.54, 1.807) is 24.3 Å². The maximum atomic E-state index is 12.6. The number of amides is 1. The van der Waals surface area contributed by atoms with E-state index in [4.69, 9.17) is 0 Å². The van der Waals surface area contributed by atoms with E-state index >= 15 is 0 Å². The number of rotatable bonds is 6.